The van der Waals surface area contributed by atoms with Gasteiger partial charge in [0.15, 0.2) is 0 Å². The van der Waals surface area contributed by atoms with Crippen LogP contribution in [0.15, 0.2) is 18.2 Å². The largest absolute Gasteiger partial charge is 0.478 e. The van der Waals surface area contributed by atoms with Crippen molar-refractivity contribution in [3.63, 3.8) is 0 Å². The molecule has 1 aliphatic rings. The van der Waals surface area contributed by atoms with Crippen LogP contribution in [0.3, 0.4) is 0 Å². The molecule has 0 saturated heterocycles. The van der Waals surface area contributed by atoms with Crippen LogP contribution in [0.4, 0.5) is 5.69 Å². The van der Waals surface area contributed by atoms with E-state index in [1.54, 1.807) is 12.1 Å². The first-order valence-corrected chi connectivity index (χ1v) is 6.48. The van der Waals surface area contributed by atoms with Gasteiger partial charge in [-0.1, -0.05) is 0 Å². The highest BCUT2D eigenvalue weighted by Crippen LogP contribution is 2.18. The van der Waals surface area contributed by atoms with Crippen LogP contribution in [0.2, 0.25) is 0 Å². The zero-order valence-electron chi connectivity index (χ0n) is 10.7. The van der Waals surface area contributed by atoms with Gasteiger partial charge >= 0.3 is 5.97 Å². The van der Waals surface area contributed by atoms with Crippen molar-refractivity contribution < 1.29 is 9.90 Å². The van der Waals surface area contributed by atoms with Gasteiger partial charge in [-0.25, -0.2) is 4.79 Å². The third kappa shape index (κ3) is 3.74. The van der Waals surface area contributed by atoms with Crippen molar-refractivity contribution >= 4 is 11.7 Å². The van der Waals surface area contributed by atoms with E-state index in [1.807, 2.05) is 13.0 Å². The van der Waals surface area contributed by atoms with E-state index in [1.165, 1.54) is 12.8 Å². The van der Waals surface area contributed by atoms with Gasteiger partial charge in [-0.05, 0) is 56.5 Å². The number of hydrogen-bond acceptors (Lipinski definition) is 3. The lowest BCUT2D eigenvalue weighted by molar-refractivity contribution is 0.0697. The second kappa shape index (κ2) is 5.87. The SMILES string of the molecule is Cc1cc(C(=O)O)ccc1NCCCNC1CC1. The third-order valence-corrected chi connectivity index (χ3v) is 3.15. The summed E-state index contributed by atoms with van der Waals surface area (Å²) in [5.41, 5.74) is 2.34. The average molecular weight is 248 g/mol. The van der Waals surface area contributed by atoms with Gasteiger partial charge in [0, 0.05) is 18.3 Å². The van der Waals surface area contributed by atoms with Crippen LogP contribution in [-0.2, 0) is 0 Å². The molecule has 0 radical (unpaired) electrons. The molecule has 0 aliphatic heterocycles. The lowest BCUT2D eigenvalue weighted by Gasteiger charge is -2.10. The number of aromatic carboxylic acids is 1. The summed E-state index contributed by atoms with van der Waals surface area (Å²) in [4.78, 5) is 10.8. The highest BCUT2D eigenvalue weighted by molar-refractivity contribution is 5.88. The lowest BCUT2D eigenvalue weighted by Crippen LogP contribution is -2.20. The first kappa shape index (κ1) is 12.9. The van der Waals surface area contributed by atoms with Crippen LogP contribution in [-0.4, -0.2) is 30.2 Å². The monoisotopic (exact) mass is 248 g/mol. The summed E-state index contributed by atoms with van der Waals surface area (Å²) >= 11 is 0. The van der Waals surface area contributed by atoms with Gasteiger partial charge in [0.25, 0.3) is 0 Å². The predicted molar refractivity (Wildman–Crippen MR) is 72.3 cm³/mol. The molecular formula is C14H20N2O2. The molecule has 0 amide bonds. The Labute approximate surface area is 107 Å². The van der Waals surface area contributed by atoms with Gasteiger partial charge in [0.2, 0.25) is 0 Å². The highest BCUT2D eigenvalue weighted by atomic mass is 16.4. The molecule has 1 aliphatic carbocycles. The molecular weight excluding hydrogens is 228 g/mol. The fraction of sp³-hybridized carbons (Fsp3) is 0.500. The smallest absolute Gasteiger partial charge is 0.335 e. The van der Waals surface area contributed by atoms with E-state index in [0.29, 0.717) is 5.56 Å². The summed E-state index contributed by atoms with van der Waals surface area (Å²) in [5, 5.41) is 15.7. The number of nitrogens with one attached hydrogen (secondary N) is 2. The Balaban J connectivity index is 1.75. The first-order chi connectivity index (χ1) is 8.66. The molecule has 1 aromatic rings. The second-order valence-electron chi connectivity index (χ2n) is 4.84. The number of carboxylic acids is 1. The second-order valence-corrected chi connectivity index (χ2v) is 4.84. The van der Waals surface area contributed by atoms with E-state index in [0.717, 1.165) is 36.8 Å². The number of carboxylic acid groups (broad SMARTS) is 1. The van der Waals surface area contributed by atoms with Crippen molar-refractivity contribution in [3.8, 4) is 0 Å². The summed E-state index contributed by atoms with van der Waals surface area (Å²) in [7, 11) is 0. The summed E-state index contributed by atoms with van der Waals surface area (Å²) in [6.45, 7) is 3.88. The van der Waals surface area contributed by atoms with Gasteiger partial charge in [0.05, 0.1) is 5.56 Å². The van der Waals surface area contributed by atoms with E-state index in [-0.39, 0.29) is 0 Å². The molecule has 0 aromatic heterocycles. The van der Waals surface area contributed by atoms with E-state index in [2.05, 4.69) is 10.6 Å². The number of hydrogen-bond donors (Lipinski definition) is 3. The van der Waals surface area contributed by atoms with Crippen molar-refractivity contribution in [3.05, 3.63) is 29.3 Å². The normalized spacial score (nSPS) is 14.5. The number of benzene rings is 1. The summed E-state index contributed by atoms with van der Waals surface area (Å²) < 4.78 is 0. The third-order valence-electron chi connectivity index (χ3n) is 3.15. The Morgan fingerprint density at radius 1 is 1.39 bits per heavy atom. The zero-order valence-corrected chi connectivity index (χ0v) is 10.7. The molecule has 0 bridgehead atoms. The Bertz CT molecular complexity index is 428. The molecule has 0 atom stereocenters. The molecule has 18 heavy (non-hydrogen) atoms. The van der Waals surface area contributed by atoms with Crippen LogP contribution >= 0.6 is 0 Å². The van der Waals surface area contributed by atoms with Gasteiger partial charge in [-0.3, -0.25) is 0 Å². The van der Waals surface area contributed by atoms with E-state index < -0.39 is 5.97 Å². The maximum atomic E-state index is 10.8. The van der Waals surface area contributed by atoms with Crippen LogP contribution in [0.1, 0.15) is 35.2 Å². The quantitative estimate of drug-likeness (QED) is 0.648. The Morgan fingerprint density at radius 3 is 2.78 bits per heavy atom. The number of aryl methyl sites for hydroxylation is 1. The molecule has 0 spiro atoms. The highest BCUT2D eigenvalue weighted by Gasteiger charge is 2.19. The molecule has 1 aromatic carbocycles. The maximum absolute atomic E-state index is 10.8. The summed E-state index contributed by atoms with van der Waals surface area (Å²) in [5.74, 6) is -0.877. The van der Waals surface area contributed by atoms with Crippen molar-refractivity contribution in [1.82, 2.24) is 5.32 Å². The molecule has 2 rings (SSSR count). The average Bonchev–Trinajstić information content (AvgIpc) is 3.14. The molecule has 1 saturated carbocycles. The minimum atomic E-state index is -0.877. The standard InChI is InChI=1S/C14H20N2O2/c1-10-9-11(14(17)18)3-6-13(10)16-8-2-7-15-12-4-5-12/h3,6,9,12,15-16H,2,4-5,7-8H2,1H3,(H,17,18). The fourth-order valence-electron chi connectivity index (χ4n) is 1.90. The van der Waals surface area contributed by atoms with Crippen molar-refractivity contribution in [2.45, 2.75) is 32.2 Å². The lowest BCUT2D eigenvalue weighted by atomic mass is 10.1. The molecule has 0 unspecified atom stereocenters. The molecule has 0 heterocycles. The molecule has 4 nitrogen and oxygen atoms in total. The van der Waals surface area contributed by atoms with Crippen molar-refractivity contribution in [2.75, 3.05) is 18.4 Å². The Morgan fingerprint density at radius 2 is 2.17 bits per heavy atom. The van der Waals surface area contributed by atoms with E-state index >= 15 is 0 Å². The summed E-state index contributed by atoms with van der Waals surface area (Å²) in [6.07, 6.45) is 3.73. The molecule has 1 fully saturated rings. The Hall–Kier alpha value is -1.55. The number of carbonyl (C=O) groups is 1. The number of anilines is 1. The van der Waals surface area contributed by atoms with Crippen LogP contribution < -0.4 is 10.6 Å². The maximum Gasteiger partial charge on any atom is 0.335 e. The van der Waals surface area contributed by atoms with Crippen molar-refractivity contribution in [1.29, 1.82) is 0 Å². The van der Waals surface area contributed by atoms with Crippen LogP contribution in [0.5, 0.6) is 0 Å². The van der Waals surface area contributed by atoms with Gasteiger partial charge in [0.1, 0.15) is 0 Å². The van der Waals surface area contributed by atoms with Gasteiger partial charge in [-0.15, -0.1) is 0 Å². The van der Waals surface area contributed by atoms with Crippen molar-refractivity contribution in [2.24, 2.45) is 0 Å². The zero-order chi connectivity index (χ0) is 13.0. The topological polar surface area (TPSA) is 61.4 Å². The van der Waals surface area contributed by atoms with Crippen LogP contribution in [0.25, 0.3) is 0 Å². The predicted octanol–water partition coefficient (Wildman–Crippen LogP) is 2.25. The van der Waals surface area contributed by atoms with E-state index in [9.17, 15) is 4.79 Å². The Kier molecular flexibility index (Phi) is 4.20. The molecule has 4 heteroatoms. The number of rotatable bonds is 7. The minimum Gasteiger partial charge on any atom is -0.478 e. The van der Waals surface area contributed by atoms with Crippen LogP contribution in [0, 0.1) is 6.92 Å². The summed E-state index contributed by atoms with van der Waals surface area (Å²) in [6, 6.07) is 5.95. The van der Waals surface area contributed by atoms with Gasteiger partial charge < -0.3 is 15.7 Å². The first-order valence-electron chi connectivity index (χ1n) is 6.48. The minimum absolute atomic E-state index is 0.341. The molecule has 98 valence electrons. The fourth-order valence-corrected chi connectivity index (χ4v) is 1.90. The van der Waals surface area contributed by atoms with E-state index in [4.69, 9.17) is 5.11 Å². The molecule has 3 N–H and O–H groups in total. The van der Waals surface area contributed by atoms with Gasteiger partial charge in [-0.2, -0.15) is 0 Å².